The van der Waals surface area contributed by atoms with Crippen LogP contribution in [0.15, 0.2) is 0 Å². The highest BCUT2D eigenvalue weighted by atomic mass is 16.6. The molecule has 8 heavy (non-hydrogen) atoms. The van der Waals surface area contributed by atoms with Crippen LogP contribution in [0.3, 0.4) is 0 Å². The molecule has 2 heteroatoms. The standard InChI is InChI=1S/C6H13NO/c1-4(7-3)6-5(2)8-6/h4-7H,1-3H3/t4?,5?,6-/m1/s1. The van der Waals surface area contributed by atoms with Crippen molar-refractivity contribution >= 4 is 0 Å². The minimum absolute atomic E-state index is 0.472. The molecule has 1 saturated heterocycles. The Kier molecular flexibility index (Phi) is 1.54. The molecule has 0 radical (unpaired) electrons. The first-order chi connectivity index (χ1) is 3.75. The minimum atomic E-state index is 0.472. The van der Waals surface area contributed by atoms with E-state index in [4.69, 9.17) is 4.74 Å². The first kappa shape index (κ1) is 6.05. The Hall–Kier alpha value is -0.0800. The molecule has 0 saturated carbocycles. The highest BCUT2D eigenvalue weighted by molar-refractivity contribution is 4.88. The van der Waals surface area contributed by atoms with E-state index in [1.54, 1.807) is 0 Å². The lowest BCUT2D eigenvalue weighted by atomic mass is 10.2. The topological polar surface area (TPSA) is 24.6 Å². The van der Waals surface area contributed by atoms with Gasteiger partial charge in [-0.25, -0.2) is 0 Å². The van der Waals surface area contributed by atoms with Gasteiger partial charge in [0.15, 0.2) is 0 Å². The van der Waals surface area contributed by atoms with E-state index in [2.05, 4.69) is 19.2 Å². The van der Waals surface area contributed by atoms with Crippen LogP contribution < -0.4 is 5.32 Å². The number of nitrogens with one attached hydrogen (secondary N) is 1. The van der Waals surface area contributed by atoms with Crippen LogP contribution in [0.5, 0.6) is 0 Å². The number of ether oxygens (including phenoxy) is 1. The van der Waals surface area contributed by atoms with Gasteiger partial charge in [-0.15, -0.1) is 0 Å². The predicted octanol–water partition coefficient (Wildman–Crippen LogP) is 0.382. The second kappa shape index (κ2) is 2.03. The van der Waals surface area contributed by atoms with Gasteiger partial charge in [-0.3, -0.25) is 0 Å². The second-order valence-corrected chi connectivity index (χ2v) is 2.38. The monoisotopic (exact) mass is 115 g/mol. The van der Waals surface area contributed by atoms with Crippen LogP contribution >= 0.6 is 0 Å². The summed E-state index contributed by atoms with van der Waals surface area (Å²) in [6, 6.07) is 0.519. The number of likely N-dealkylation sites (N-methyl/N-ethyl adjacent to an activating group) is 1. The molecule has 48 valence electrons. The molecule has 0 aliphatic carbocycles. The average Bonchev–Trinajstić information content (AvgIpc) is 2.45. The van der Waals surface area contributed by atoms with E-state index in [1.807, 2.05) is 7.05 Å². The number of epoxide rings is 1. The van der Waals surface area contributed by atoms with Crippen LogP contribution in [0.4, 0.5) is 0 Å². The summed E-state index contributed by atoms with van der Waals surface area (Å²) < 4.78 is 5.21. The highest BCUT2D eigenvalue weighted by Crippen LogP contribution is 2.23. The molecule has 0 spiro atoms. The second-order valence-electron chi connectivity index (χ2n) is 2.38. The van der Waals surface area contributed by atoms with Gasteiger partial charge in [0.1, 0.15) is 0 Å². The normalized spacial score (nSPS) is 39.4. The Labute approximate surface area is 50.2 Å². The van der Waals surface area contributed by atoms with Crippen LogP contribution in [0.1, 0.15) is 13.8 Å². The number of rotatable bonds is 2. The maximum atomic E-state index is 5.21. The lowest BCUT2D eigenvalue weighted by Crippen LogP contribution is -2.27. The average molecular weight is 115 g/mol. The van der Waals surface area contributed by atoms with Crippen LogP contribution in [0.25, 0.3) is 0 Å². The van der Waals surface area contributed by atoms with Gasteiger partial charge in [-0.05, 0) is 20.9 Å². The van der Waals surface area contributed by atoms with Gasteiger partial charge in [0.25, 0.3) is 0 Å². The molecule has 1 aliphatic heterocycles. The summed E-state index contributed by atoms with van der Waals surface area (Å²) in [5, 5.41) is 3.13. The molecule has 0 amide bonds. The Balaban J connectivity index is 2.18. The summed E-state index contributed by atoms with van der Waals surface area (Å²) in [4.78, 5) is 0. The smallest absolute Gasteiger partial charge is 0.0988 e. The van der Waals surface area contributed by atoms with Gasteiger partial charge in [0.05, 0.1) is 12.2 Å². The summed E-state index contributed by atoms with van der Waals surface area (Å²) in [5.41, 5.74) is 0. The summed E-state index contributed by atoms with van der Waals surface area (Å²) >= 11 is 0. The van der Waals surface area contributed by atoms with E-state index in [0.29, 0.717) is 18.2 Å². The van der Waals surface area contributed by atoms with E-state index in [9.17, 15) is 0 Å². The van der Waals surface area contributed by atoms with Gasteiger partial charge in [0, 0.05) is 6.04 Å². The molecule has 1 rings (SSSR count). The van der Waals surface area contributed by atoms with E-state index in [1.165, 1.54) is 0 Å². The van der Waals surface area contributed by atoms with E-state index < -0.39 is 0 Å². The van der Waals surface area contributed by atoms with E-state index >= 15 is 0 Å². The maximum Gasteiger partial charge on any atom is 0.0988 e. The van der Waals surface area contributed by atoms with Gasteiger partial charge in [-0.1, -0.05) is 0 Å². The van der Waals surface area contributed by atoms with Crippen molar-refractivity contribution in [3.8, 4) is 0 Å². The molecule has 0 aromatic heterocycles. The molecular weight excluding hydrogens is 102 g/mol. The van der Waals surface area contributed by atoms with E-state index in [0.717, 1.165) is 0 Å². The zero-order valence-corrected chi connectivity index (χ0v) is 5.64. The summed E-state index contributed by atoms with van der Waals surface area (Å²) in [7, 11) is 1.96. The van der Waals surface area contributed by atoms with Crippen molar-refractivity contribution < 1.29 is 4.74 Å². The Morgan fingerprint density at radius 2 is 2.12 bits per heavy atom. The fourth-order valence-electron chi connectivity index (χ4n) is 0.891. The lowest BCUT2D eigenvalue weighted by molar-refractivity contribution is 0.345. The van der Waals surface area contributed by atoms with Crippen molar-refractivity contribution in [2.75, 3.05) is 7.05 Å². The SMILES string of the molecule is CNC(C)[C@H]1OC1C. The van der Waals surface area contributed by atoms with Crippen molar-refractivity contribution in [2.45, 2.75) is 32.1 Å². The fraction of sp³-hybridized carbons (Fsp3) is 1.00. The van der Waals surface area contributed by atoms with E-state index in [-0.39, 0.29) is 0 Å². The molecule has 3 atom stereocenters. The van der Waals surface area contributed by atoms with Crippen molar-refractivity contribution in [3.05, 3.63) is 0 Å². The molecule has 1 heterocycles. The molecular formula is C6H13NO. The largest absolute Gasteiger partial charge is 0.368 e. The van der Waals surface area contributed by atoms with Gasteiger partial charge < -0.3 is 10.1 Å². The molecule has 2 nitrogen and oxygen atoms in total. The maximum absolute atomic E-state index is 5.21. The molecule has 0 aromatic rings. The minimum Gasteiger partial charge on any atom is -0.368 e. The zero-order valence-electron chi connectivity index (χ0n) is 5.64. The molecule has 0 bridgehead atoms. The molecule has 1 aliphatic rings. The highest BCUT2D eigenvalue weighted by Gasteiger charge is 2.37. The first-order valence-corrected chi connectivity index (χ1v) is 3.08. The van der Waals surface area contributed by atoms with Crippen molar-refractivity contribution in [1.82, 2.24) is 5.32 Å². The third-order valence-corrected chi connectivity index (χ3v) is 1.71. The summed E-state index contributed by atoms with van der Waals surface area (Å²) in [6.07, 6.45) is 0.956. The van der Waals surface area contributed by atoms with Gasteiger partial charge >= 0.3 is 0 Å². The first-order valence-electron chi connectivity index (χ1n) is 3.08. The van der Waals surface area contributed by atoms with Crippen molar-refractivity contribution in [2.24, 2.45) is 0 Å². The number of hydrogen-bond donors (Lipinski definition) is 1. The Morgan fingerprint density at radius 1 is 1.62 bits per heavy atom. The third-order valence-electron chi connectivity index (χ3n) is 1.71. The van der Waals surface area contributed by atoms with Crippen LogP contribution in [-0.4, -0.2) is 25.3 Å². The molecule has 0 aromatic carbocycles. The molecule has 1 N–H and O–H groups in total. The van der Waals surface area contributed by atoms with Crippen LogP contribution in [0, 0.1) is 0 Å². The van der Waals surface area contributed by atoms with Gasteiger partial charge in [0.2, 0.25) is 0 Å². The Bertz CT molecular complexity index is 82.6. The summed E-state index contributed by atoms with van der Waals surface area (Å²) in [5.74, 6) is 0. The van der Waals surface area contributed by atoms with Crippen LogP contribution in [-0.2, 0) is 4.74 Å². The van der Waals surface area contributed by atoms with Crippen LogP contribution in [0.2, 0.25) is 0 Å². The summed E-state index contributed by atoms with van der Waals surface area (Å²) in [6.45, 7) is 4.23. The van der Waals surface area contributed by atoms with Gasteiger partial charge in [-0.2, -0.15) is 0 Å². The van der Waals surface area contributed by atoms with Crippen molar-refractivity contribution in [3.63, 3.8) is 0 Å². The molecule has 1 fully saturated rings. The zero-order chi connectivity index (χ0) is 6.15. The fourth-order valence-corrected chi connectivity index (χ4v) is 0.891. The third kappa shape index (κ3) is 1.01. The number of hydrogen-bond acceptors (Lipinski definition) is 2. The van der Waals surface area contributed by atoms with Crippen molar-refractivity contribution in [1.29, 1.82) is 0 Å². The Morgan fingerprint density at radius 3 is 2.25 bits per heavy atom. The predicted molar refractivity (Wildman–Crippen MR) is 32.9 cm³/mol. The quantitative estimate of drug-likeness (QED) is 0.526. The molecule has 2 unspecified atom stereocenters. The lowest BCUT2D eigenvalue weighted by Gasteiger charge is -2.03.